The first-order valence-electron chi connectivity index (χ1n) is 18.2. The van der Waals surface area contributed by atoms with E-state index in [1.54, 1.807) is 0 Å². The lowest BCUT2D eigenvalue weighted by Crippen LogP contribution is -2.13. The summed E-state index contributed by atoms with van der Waals surface area (Å²) in [6.07, 6.45) is 13.1. The highest BCUT2D eigenvalue weighted by Gasteiger charge is 2.32. The second kappa shape index (κ2) is 14.8. The molecule has 256 valence electrons. The minimum Gasteiger partial charge on any atom is -0.307 e. The SMILES string of the molecule is C=Cc1c(C=C(C)c2ccccc2)c2cc(-c3ccccc3)ccc2n1-c1c(C#N)c(C2C=CC=CC2)c(C#N)c(-c2ccccc2)c1-c1ccccc1. The summed E-state index contributed by atoms with van der Waals surface area (Å²) < 4.78 is 2.22. The summed E-state index contributed by atoms with van der Waals surface area (Å²) in [5.41, 5.74) is 13.2. The van der Waals surface area contributed by atoms with E-state index in [1.165, 1.54) is 0 Å². The molecule has 1 aliphatic rings. The van der Waals surface area contributed by atoms with Gasteiger partial charge in [0.05, 0.1) is 28.0 Å². The van der Waals surface area contributed by atoms with Crippen LogP contribution in [0.3, 0.4) is 0 Å². The minimum atomic E-state index is -0.163. The molecule has 0 fully saturated rings. The molecule has 0 amide bonds. The first-order chi connectivity index (χ1) is 26.6. The van der Waals surface area contributed by atoms with Gasteiger partial charge in [-0.25, -0.2) is 0 Å². The van der Waals surface area contributed by atoms with E-state index in [0.717, 1.165) is 77.9 Å². The Bertz CT molecular complexity index is 2700. The topological polar surface area (TPSA) is 52.5 Å². The van der Waals surface area contributed by atoms with Crippen molar-refractivity contribution >= 4 is 28.6 Å². The van der Waals surface area contributed by atoms with Crippen LogP contribution in [0.15, 0.2) is 170 Å². The van der Waals surface area contributed by atoms with Crippen molar-refractivity contribution in [3.05, 3.63) is 204 Å². The highest BCUT2D eigenvalue weighted by atomic mass is 15.0. The molecule has 0 radical (unpaired) electrons. The highest BCUT2D eigenvalue weighted by Crippen LogP contribution is 2.49. The van der Waals surface area contributed by atoms with Gasteiger partial charge in [0.1, 0.15) is 12.1 Å². The van der Waals surface area contributed by atoms with E-state index < -0.39 is 0 Å². The second-order valence-electron chi connectivity index (χ2n) is 13.5. The van der Waals surface area contributed by atoms with Crippen LogP contribution >= 0.6 is 0 Å². The van der Waals surface area contributed by atoms with E-state index in [2.05, 4.69) is 139 Å². The van der Waals surface area contributed by atoms with Crippen molar-refractivity contribution in [1.29, 1.82) is 10.5 Å². The van der Waals surface area contributed by atoms with E-state index in [0.29, 0.717) is 17.5 Å². The van der Waals surface area contributed by atoms with Crippen LogP contribution in [0, 0.1) is 22.7 Å². The zero-order valence-electron chi connectivity index (χ0n) is 30.1. The number of aromatic nitrogens is 1. The third-order valence-electron chi connectivity index (χ3n) is 10.4. The fraction of sp³-hybridized carbons (Fsp3) is 0.0588. The monoisotopic (exact) mass is 691 g/mol. The van der Waals surface area contributed by atoms with Crippen molar-refractivity contribution in [1.82, 2.24) is 4.57 Å². The molecule has 0 saturated heterocycles. The fourth-order valence-electron chi connectivity index (χ4n) is 7.89. The van der Waals surface area contributed by atoms with Gasteiger partial charge in [0, 0.05) is 28.0 Å². The summed E-state index contributed by atoms with van der Waals surface area (Å²) in [7, 11) is 0. The Kier molecular flexibility index (Phi) is 9.30. The number of nitrogens with zero attached hydrogens (tertiary/aromatic N) is 3. The molecule has 1 unspecified atom stereocenters. The Hall–Kier alpha value is -7.20. The van der Waals surface area contributed by atoms with Gasteiger partial charge in [-0.15, -0.1) is 0 Å². The zero-order valence-corrected chi connectivity index (χ0v) is 30.1. The molecule has 1 aliphatic carbocycles. The van der Waals surface area contributed by atoms with Gasteiger partial charge in [-0.2, -0.15) is 10.5 Å². The Labute approximate surface area is 317 Å². The molecule has 7 aromatic rings. The second-order valence-corrected chi connectivity index (χ2v) is 13.5. The molecule has 1 aromatic heterocycles. The van der Waals surface area contributed by atoms with Gasteiger partial charge in [0.25, 0.3) is 0 Å². The lowest BCUT2D eigenvalue weighted by atomic mass is 9.78. The van der Waals surface area contributed by atoms with Crippen molar-refractivity contribution in [2.24, 2.45) is 0 Å². The Morgan fingerprint density at radius 3 is 1.85 bits per heavy atom. The average Bonchev–Trinajstić information content (AvgIpc) is 3.55. The normalized spacial score (nSPS) is 13.8. The van der Waals surface area contributed by atoms with Crippen LogP contribution in [-0.2, 0) is 0 Å². The fourth-order valence-corrected chi connectivity index (χ4v) is 7.89. The summed E-state index contributed by atoms with van der Waals surface area (Å²) in [5.74, 6) is -0.163. The quantitative estimate of drug-likeness (QED) is 0.159. The maximum atomic E-state index is 11.4. The van der Waals surface area contributed by atoms with Crippen LogP contribution in [-0.4, -0.2) is 4.57 Å². The maximum Gasteiger partial charge on any atom is 0.102 e. The van der Waals surface area contributed by atoms with E-state index in [9.17, 15) is 10.5 Å². The van der Waals surface area contributed by atoms with Crippen LogP contribution in [0.1, 0.15) is 52.8 Å². The third kappa shape index (κ3) is 5.99. The predicted molar refractivity (Wildman–Crippen MR) is 225 cm³/mol. The Morgan fingerprint density at radius 1 is 0.685 bits per heavy atom. The van der Waals surface area contributed by atoms with E-state index in [-0.39, 0.29) is 5.92 Å². The molecule has 54 heavy (non-hydrogen) atoms. The van der Waals surface area contributed by atoms with Gasteiger partial charge in [0.15, 0.2) is 0 Å². The van der Waals surface area contributed by atoms with Gasteiger partial charge < -0.3 is 4.57 Å². The van der Waals surface area contributed by atoms with Gasteiger partial charge in [0.2, 0.25) is 0 Å². The summed E-state index contributed by atoms with van der Waals surface area (Å²) >= 11 is 0. The number of nitriles is 2. The first-order valence-corrected chi connectivity index (χ1v) is 18.2. The van der Waals surface area contributed by atoms with Crippen LogP contribution in [0.2, 0.25) is 0 Å². The Balaban J connectivity index is 1.59. The van der Waals surface area contributed by atoms with E-state index in [1.807, 2.05) is 66.8 Å². The van der Waals surface area contributed by atoms with Crippen molar-refractivity contribution in [2.75, 3.05) is 0 Å². The van der Waals surface area contributed by atoms with Gasteiger partial charge in [-0.3, -0.25) is 0 Å². The van der Waals surface area contributed by atoms with Gasteiger partial charge in [-0.1, -0.05) is 158 Å². The predicted octanol–water partition coefficient (Wildman–Crippen LogP) is 13.2. The molecule has 0 saturated carbocycles. The molecule has 3 nitrogen and oxygen atoms in total. The number of rotatable bonds is 8. The van der Waals surface area contributed by atoms with Crippen molar-refractivity contribution in [2.45, 2.75) is 19.3 Å². The average molecular weight is 692 g/mol. The molecule has 3 heteroatoms. The van der Waals surface area contributed by atoms with Gasteiger partial charge in [-0.05, 0) is 76.6 Å². The summed E-state index contributed by atoms with van der Waals surface area (Å²) in [6, 6.07) is 53.0. The molecule has 0 bridgehead atoms. The molecular formula is C51H37N3. The highest BCUT2D eigenvalue weighted by molar-refractivity contribution is 6.04. The molecule has 1 atom stereocenters. The third-order valence-corrected chi connectivity index (χ3v) is 10.4. The molecule has 6 aromatic carbocycles. The molecule has 0 spiro atoms. The number of hydrogen-bond acceptors (Lipinski definition) is 2. The zero-order chi connectivity index (χ0) is 37.0. The van der Waals surface area contributed by atoms with Crippen LogP contribution in [0.25, 0.3) is 67.7 Å². The maximum absolute atomic E-state index is 11.4. The van der Waals surface area contributed by atoms with Crippen molar-refractivity contribution in [3.8, 4) is 51.2 Å². The van der Waals surface area contributed by atoms with Crippen molar-refractivity contribution in [3.63, 3.8) is 0 Å². The largest absolute Gasteiger partial charge is 0.307 e. The van der Waals surface area contributed by atoms with Crippen LogP contribution < -0.4 is 0 Å². The lowest BCUT2D eigenvalue weighted by molar-refractivity contribution is 0.844. The molecule has 8 rings (SSSR count). The van der Waals surface area contributed by atoms with Crippen molar-refractivity contribution < 1.29 is 0 Å². The number of allylic oxidation sites excluding steroid dienone is 5. The van der Waals surface area contributed by atoms with Crippen LogP contribution in [0.4, 0.5) is 0 Å². The number of fused-ring (bicyclic) bond motifs is 1. The molecule has 0 N–H and O–H groups in total. The molecular weight excluding hydrogens is 655 g/mol. The Morgan fingerprint density at radius 2 is 1.28 bits per heavy atom. The lowest BCUT2D eigenvalue weighted by Gasteiger charge is -2.27. The molecule has 0 aliphatic heterocycles. The standard InChI is InChI=1S/C51H37N3/c1-3-46-42(31-35(2)36-19-9-4-10-20-36)43-32-41(37-21-11-5-12-22-37)29-30-47(43)54(46)51-45(34-53)48(38-23-13-6-14-24-38)44(33-52)49(39-25-15-7-16-26-39)50(51)40-27-17-8-18-28-40/h3-23,25-32,38H,1,24H2,2H3. The minimum absolute atomic E-state index is 0.163. The van der Waals surface area contributed by atoms with E-state index >= 15 is 0 Å². The number of benzene rings is 6. The number of hydrogen-bond donors (Lipinski definition) is 0. The smallest absolute Gasteiger partial charge is 0.102 e. The van der Waals surface area contributed by atoms with Crippen LogP contribution in [0.5, 0.6) is 0 Å². The summed E-state index contributed by atoms with van der Waals surface area (Å²) in [4.78, 5) is 0. The van der Waals surface area contributed by atoms with Gasteiger partial charge >= 0.3 is 0 Å². The first kappa shape index (κ1) is 33.9. The van der Waals surface area contributed by atoms with E-state index in [4.69, 9.17) is 0 Å². The summed E-state index contributed by atoms with van der Waals surface area (Å²) in [5, 5.41) is 23.6. The molecule has 1 heterocycles. The summed E-state index contributed by atoms with van der Waals surface area (Å²) in [6.45, 7) is 6.55.